The Morgan fingerprint density at radius 3 is 3.06 bits per heavy atom. The lowest BCUT2D eigenvalue weighted by atomic mass is 10.0. The van der Waals surface area contributed by atoms with Gasteiger partial charge in [0.25, 0.3) is 0 Å². The van der Waals surface area contributed by atoms with Crippen LogP contribution in [0.5, 0.6) is 0 Å². The molecule has 0 bridgehead atoms. The number of aryl methyl sites for hydroxylation is 2. The number of aliphatic hydroxyl groups excluding tert-OH is 1. The van der Waals surface area contributed by atoms with Crippen LogP contribution in [0.4, 0.5) is 0 Å². The van der Waals surface area contributed by atoms with Crippen LogP contribution >= 0.6 is 11.3 Å². The molecule has 0 saturated heterocycles. The number of hydrogen-bond acceptors (Lipinski definition) is 3. The van der Waals surface area contributed by atoms with Gasteiger partial charge in [0, 0.05) is 17.7 Å². The molecule has 0 fully saturated rings. The summed E-state index contributed by atoms with van der Waals surface area (Å²) in [5.74, 6) is 0. The van der Waals surface area contributed by atoms with Crippen molar-refractivity contribution < 1.29 is 5.11 Å². The number of aromatic nitrogens is 1. The molecule has 1 aromatic carbocycles. The predicted molar refractivity (Wildman–Crippen MR) is 74.1 cm³/mol. The van der Waals surface area contributed by atoms with Crippen LogP contribution in [0.1, 0.15) is 33.1 Å². The number of thiazole rings is 1. The van der Waals surface area contributed by atoms with Crippen LogP contribution in [-0.4, -0.2) is 16.2 Å². The zero-order valence-electron chi connectivity index (χ0n) is 10.5. The Morgan fingerprint density at radius 2 is 2.22 bits per heavy atom. The maximum atomic E-state index is 9.68. The molecule has 1 aliphatic carbocycles. The van der Waals surface area contributed by atoms with Gasteiger partial charge in [-0.05, 0) is 30.9 Å². The largest absolute Gasteiger partial charge is 0.393 e. The number of aliphatic hydroxyl groups is 1. The third-order valence-electron chi connectivity index (χ3n) is 3.56. The second-order valence-corrected chi connectivity index (χ2v) is 6.15. The maximum absolute atomic E-state index is 9.68. The van der Waals surface area contributed by atoms with Crippen molar-refractivity contribution in [3.63, 3.8) is 0 Å². The zero-order chi connectivity index (χ0) is 12.5. The van der Waals surface area contributed by atoms with E-state index in [9.17, 15) is 5.11 Å². The van der Waals surface area contributed by atoms with Gasteiger partial charge in [-0.25, -0.2) is 4.98 Å². The predicted octanol–water partition coefficient (Wildman–Crippen LogP) is 2.89. The highest BCUT2D eigenvalue weighted by atomic mass is 32.1. The van der Waals surface area contributed by atoms with Crippen LogP contribution in [0.25, 0.3) is 0 Å². The van der Waals surface area contributed by atoms with Crippen LogP contribution in [0, 0.1) is 6.92 Å². The molecule has 2 aromatic rings. The first-order chi connectivity index (χ1) is 8.72. The van der Waals surface area contributed by atoms with Gasteiger partial charge in [-0.2, -0.15) is 0 Å². The Balaban J connectivity index is 1.84. The second kappa shape index (κ2) is 4.82. The van der Waals surface area contributed by atoms with Crippen LogP contribution in [0.15, 0.2) is 24.3 Å². The summed E-state index contributed by atoms with van der Waals surface area (Å²) in [7, 11) is 0. The quantitative estimate of drug-likeness (QED) is 0.899. The van der Waals surface area contributed by atoms with E-state index in [4.69, 9.17) is 4.98 Å². The van der Waals surface area contributed by atoms with Crippen LogP contribution < -0.4 is 0 Å². The Bertz CT molecular complexity index is 561. The van der Waals surface area contributed by atoms with Gasteiger partial charge in [0.05, 0.1) is 16.8 Å². The highest BCUT2D eigenvalue weighted by molar-refractivity contribution is 7.11. The maximum Gasteiger partial charge on any atom is 0.0975 e. The first kappa shape index (κ1) is 11.9. The summed E-state index contributed by atoms with van der Waals surface area (Å²) in [4.78, 5) is 6.02. The summed E-state index contributed by atoms with van der Waals surface area (Å²) in [6.45, 7) is 2.15. The van der Waals surface area contributed by atoms with Crippen LogP contribution in [-0.2, 0) is 19.3 Å². The average Bonchev–Trinajstić information content (AvgIpc) is 2.73. The van der Waals surface area contributed by atoms with E-state index in [1.807, 2.05) is 0 Å². The first-order valence-electron chi connectivity index (χ1n) is 6.42. The summed E-state index contributed by atoms with van der Waals surface area (Å²) < 4.78 is 0. The van der Waals surface area contributed by atoms with Gasteiger partial charge in [0.2, 0.25) is 0 Å². The highest BCUT2D eigenvalue weighted by Crippen LogP contribution is 2.28. The average molecular weight is 259 g/mol. The third kappa shape index (κ3) is 2.33. The van der Waals surface area contributed by atoms with Crippen molar-refractivity contribution in [2.45, 2.75) is 38.7 Å². The standard InChI is InChI=1S/C15H17NOS/c1-10-4-2-3-5-11(10)8-15-16-13-7-6-12(17)9-14(13)18-15/h2-5,12,17H,6-9H2,1H3. The molecule has 1 N–H and O–H groups in total. The molecule has 1 aliphatic rings. The number of rotatable bonds is 2. The van der Waals surface area contributed by atoms with Gasteiger partial charge in [-0.3, -0.25) is 0 Å². The van der Waals surface area contributed by atoms with Crippen molar-refractivity contribution in [1.82, 2.24) is 4.98 Å². The molecular formula is C15H17NOS. The number of benzene rings is 1. The lowest BCUT2D eigenvalue weighted by molar-refractivity contribution is 0.159. The number of nitrogens with zero attached hydrogens (tertiary/aromatic N) is 1. The number of hydrogen-bond donors (Lipinski definition) is 1. The topological polar surface area (TPSA) is 33.1 Å². The fourth-order valence-corrected chi connectivity index (χ4v) is 3.67. The molecule has 18 heavy (non-hydrogen) atoms. The van der Waals surface area contributed by atoms with E-state index in [-0.39, 0.29) is 6.10 Å². The van der Waals surface area contributed by atoms with E-state index in [1.54, 1.807) is 11.3 Å². The minimum atomic E-state index is -0.163. The summed E-state index contributed by atoms with van der Waals surface area (Å²) >= 11 is 1.77. The van der Waals surface area contributed by atoms with Gasteiger partial charge in [0.1, 0.15) is 0 Å². The molecule has 0 spiro atoms. The summed E-state index contributed by atoms with van der Waals surface area (Å²) in [6.07, 6.45) is 3.34. The normalized spacial score (nSPS) is 18.7. The van der Waals surface area contributed by atoms with Gasteiger partial charge < -0.3 is 5.11 Å². The molecule has 3 rings (SSSR count). The molecule has 1 atom stereocenters. The van der Waals surface area contributed by atoms with Gasteiger partial charge in [-0.15, -0.1) is 11.3 Å². The molecule has 1 aromatic heterocycles. The van der Waals surface area contributed by atoms with Crippen LogP contribution in [0.2, 0.25) is 0 Å². The monoisotopic (exact) mass is 259 g/mol. The van der Waals surface area contributed by atoms with Gasteiger partial charge in [0.15, 0.2) is 0 Å². The van der Waals surface area contributed by atoms with Crippen molar-refractivity contribution in [2.75, 3.05) is 0 Å². The van der Waals surface area contributed by atoms with E-state index in [0.717, 1.165) is 25.7 Å². The molecule has 2 nitrogen and oxygen atoms in total. The molecule has 94 valence electrons. The Hall–Kier alpha value is -1.19. The van der Waals surface area contributed by atoms with Crippen LogP contribution in [0.3, 0.4) is 0 Å². The molecule has 1 unspecified atom stereocenters. The Labute approximate surface area is 111 Å². The molecule has 0 saturated carbocycles. The molecule has 0 radical (unpaired) electrons. The highest BCUT2D eigenvalue weighted by Gasteiger charge is 2.20. The molecule has 3 heteroatoms. The van der Waals surface area contributed by atoms with Crippen molar-refractivity contribution in [1.29, 1.82) is 0 Å². The Morgan fingerprint density at radius 1 is 1.39 bits per heavy atom. The Kier molecular flexibility index (Phi) is 3.18. The van der Waals surface area contributed by atoms with Crippen molar-refractivity contribution >= 4 is 11.3 Å². The number of fused-ring (bicyclic) bond motifs is 1. The summed E-state index contributed by atoms with van der Waals surface area (Å²) in [5, 5.41) is 10.9. The minimum absolute atomic E-state index is 0.163. The second-order valence-electron chi connectivity index (χ2n) is 4.98. The SMILES string of the molecule is Cc1ccccc1Cc1nc2c(s1)CC(O)CC2. The lowest BCUT2D eigenvalue weighted by Crippen LogP contribution is -2.17. The zero-order valence-corrected chi connectivity index (χ0v) is 11.3. The van der Waals surface area contributed by atoms with Crippen molar-refractivity contribution in [2.24, 2.45) is 0 Å². The third-order valence-corrected chi connectivity index (χ3v) is 4.68. The molecule has 0 aliphatic heterocycles. The smallest absolute Gasteiger partial charge is 0.0975 e. The van der Waals surface area contributed by atoms with Crippen molar-refractivity contribution in [3.8, 4) is 0 Å². The molecular weight excluding hydrogens is 242 g/mol. The van der Waals surface area contributed by atoms with E-state index in [0.29, 0.717) is 0 Å². The van der Waals surface area contributed by atoms with E-state index < -0.39 is 0 Å². The van der Waals surface area contributed by atoms with Crippen molar-refractivity contribution in [3.05, 3.63) is 51.0 Å². The van der Waals surface area contributed by atoms with Gasteiger partial charge >= 0.3 is 0 Å². The molecule has 1 heterocycles. The lowest BCUT2D eigenvalue weighted by Gasteiger charge is -2.14. The molecule has 0 amide bonds. The summed E-state index contributed by atoms with van der Waals surface area (Å²) in [5.41, 5.74) is 3.89. The first-order valence-corrected chi connectivity index (χ1v) is 7.24. The van der Waals surface area contributed by atoms with Gasteiger partial charge in [-0.1, -0.05) is 24.3 Å². The fourth-order valence-electron chi connectivity index (χ4n) is 2.46. The minimum Gasteiger partial charge on any atom is -0.393 e. The fraction of sp³-hybridized carbons (Fsp3) is 0.400. The van der Waals surface area contributed by atoms with E-state index in [2.05, 4.69) is 31.2 Å². The van der Waals surface area contributed by atoms with E-state index in [1.165, 1.54) is 26.7 Å². The van der Waals surface area contributed by atoms with E-state index >= 15 is 0 Å². The summed E-state index contributed by atoms with van der Waals surface area (Å²) in [6, 6.07) is 8.47.